The molecule has 1 aromatic carbocycles. The Bertz CT molecular complexity index is 1050. The number of nitrogens with zero attached hydrogens (tertiary/aromatic N) is 2. The maximum Gasteiger partial charge on any atom is 0.277 e. The minimum Gasteiger partial charge on any atom is -0.443 e. The standard InChI is InChI=1S/C18H18FN3O3S/c1-12-15-9-14(19)4-5-17(15)25-18(12)26(23,24)22-8-7-21-11-16(22)13-3-2-6-20-10-13/h2-6,9-10,16,21H,7-8,11H2,1H3. The van der Waals surface area contributed by atoms with Crippen LogP contribution in [0.15, 0.2) is 52.2 Å². The number of furan rings is 1. The number of rotatable bonds is 3. The highest BCUT2D eigenvalue weighted by molar-refractivity contribution is 7.89. The lowest BCUT2D eigenvalue weighted by atomic mass is 10.1. The monoisotopic (exact) mass is 375 g/mol. The van der Waals surface area contributed by atoms with Crippen LogP contribution in [0.5, 0.6) is 0 Å². The number of fused-ring (bicyclic) bond motifs is 1. The zero-order valence-corrected chi connectivity index (χ0v) is 15.0. The van der Waals surface area contributed by atoms with Gasteiger partial charge in [0.2, 0.25) is 5.09 Å². The summed E-state index contributed by atoms with van der Waals surface area (Å²) in [6.07, 6.45) is 3.32. The quantitative estimate of drug-likeness (QED) is 0.762. The summed E-state index contributed by atoms with van der Waals surface area (Å²) in [4.78, 5) is 4.10. The Labute approximate surface area is 150 Å². The number of aromatic nitrogens is 1. The van der Waals surface area contributed by atoms with Crippen LogP contribution in [0.2, 0.25) is 0 Å². The van der Waals surface area contributed by atoms with Gasteiger partial charge in [-0.05, 0) is 36.8 Å². The van der Waals surface area contributed by atoms with Crippen molar-refractivity contribution in [3.8, 4) is 0 Å². The smallest absolute Gasteiger partial charge is 0.277 e. The molecular formula is C18H18FN3O3S. The minimum absolute atomic E-state index is 0.131. The summed E-state index contributed by atoms with van der Waals surface area (Å²) in [6, 6.07) is 7.26. The summed E-state index contributed by atoms with van der Waals surface area (Å²) in [5.74, 6) is -0.430. The zero-order chi connectivity index (χ0) is 18.3. The minimum atomic E-state index is -3.89. The molecule has 4 rings (SSSR count). The van der Waals surface area contributed by atoms with Crippen LogP contribution >= 0.6 is 0 Å². The Kier molecular flexibility index (Phi) is 4.26. The third-order valence-electron chi connectivity index (χ3n) is 4.66. The summed E-state index contributed by atoms with van der Waals surface area (Å²) < 4.78 is 47.3. The van der Waals surface area contributed by atoms with Gasteiger partial charge in [0.1, 0.15) is 11.4 Å². The van der Waals surface area contributed by atoms with Crippen LogP contribution in [0.3, 0.4) is 0 Å². The number of piperazine rings is 1. The number of nitrogens with one attached hydrogen (secondary N) is 1. The van der Waals surface area contributed by atoms with E-state index in [9.17, 15) is 12.8 Å². The van der Waals surface area contributed by atoms with E-state index in [1.54, 1.807) is 25.4 Å². The van der Waals surface area contributed by atoms with Crippen LogP contribution in [0.1, 0.15) is 17.2 Å². The Morgan fingerprint density at radius 2 is 2.19 bits per heavy atom. The van der Waals surface area contributed by atoms with E-state index in [-0.39, 0.29) is 11.1 Å². The van der Waals surface area contributed by atoms with Crippen LogP contribution in [0.4, 0.5) is 4.39 Å². The fraction of sp³-hybridized carbons (Fsp3) is 0.278. The first kappa shape index (κ1) is 17.1. The van der Waals surface area contributed by atoms with Crippen molar-refractivity contribution in [2.24, 2.45) is 0 Å². The average Bonchev–Trinajstić information content (AvgIpc) is 2.99. The van der Waals surface area contributed by atoms with Crippen molar-refractivity contribution in [1.29, 1.82) is 0 Å². The predicted octanol–water partition coefficient (Wildman–Crippen LogP) is 2.61. The molecule has 136 valence electrons. The van der Waals surface area contributed by atoms with E-state index in [0.29, 0.717) is 36.2 Å². The molecule has 2 aromatic heterocycles. The summed E-state index contributed by atoms with van der Waals surface area (Å²) in [7, 11) is -3.89. The first-order chi connectivity index (χ1) is 12.5. The van der Waals surface area contributed by atoms with Crippen LogP contribution in [0, 0.1) is 12.7 Å². The van der Waals surface area contributed by atoms with Gasteiger partial charge in [-0.25, -0.2) is 12.8 Å². The van der Waals surface area contributed by atoms with E-state index in [1.807, 2.05) is 6.07 Å². The molecule has 6 nitrogen and oxygen atoms in total. The molecule has 0 bridgehead atoms. The molecule has 0 spiro atoms. The van der Waals surface area contributed by atoms with E-state index < -0.39 is 15.8 Å². The number of hydrogen-bond donors (Lipinski definition) is 1. The van der Waals surface area contributed by atoms with Gasteiger partial charge in [0.15, 0.2) is 0 Å². The lowest BCUT2D eigenvalue weighted by molar-refractivity contribution is 0.265. The van der Waals surface area contributed by atoms with Crippen LogP contribution in [-0.2, 0) is 10.0 Å². The van der Waals surface area contributed by atoms with Gasteiger partial charge in [0, 0.05) is 43.0 Å². The second kappa shape index (κ2) is 6.46. The molecule has 0 saturated carbocycles. The molecule has 26 heavy (non-hydrogen) atoms. The van der Waals surface area contributed by atoms with Crippen molar-refractivity contribution in [1.82, 2.24) is 14.6 Å². The van der Waals surface area contributed by atoms with Crippen molar-refractivity contribution in [2.45, 2.75) is 18.1 Å². The summed E-state index contributed by atoms with van der Waals surface area (Å²) in [5.41, 5.74) is 1.58. The largest absolute Gasteiger partial charge is 0.443 e. The van der Waals surface area contributed by atoms with Gasteiger partial charge in [0.05, 0.1) is 6.04 Å². The SMILES string of the molecule is Cc1c(S(=O)(=O)N2CCNCC2c2cccnc2)oc2ccc(F)cc12. The van der Waals surface area contributed by atoms with Gasteiger partial charge in [-0.2, -0.15) is 4.31 Å². The maximum atomic E-state index is 13.5. The molecule has 1 saturated heterocycles. The molecule has 0 radical (unpaired) electrons. The van der Waals surface area contributed by atoms with Gasteiger partial charge >= 0.3 is 0 Å². The number of hydrogen-bond acceptors (Lipinski definition) is 5. The Balaban J connectivity index is 1.81. The zero-order valence-electron chi connectivity index (χ0n) is 14.1. The molecule has 8 heteroatoms. The van der Waals surface area contributed by atoms with Crippen LogP contribution in [0.25, 0.3) is 11.0 Å². The topological polar surface area (TPSA) is 75.4 Å². The summed E-state index contributed by atoms with van der Waals surface area (Å²) in [5, 5.41) is 3.56. The maximum absolute atomic E-state index is 13.5. The van der Waals surface area contributed by atoms with Gasteiger partial charge in [-0.15, -0.1) is 0 Å². The van der Waals surface area contributed by atoms with E-state index in [1.165, 1.54) is 22.5 Å². The molecule has 0 amide bonds. The fourth-order valence-electron chi connectivity index (χ4n) is 3.35. The first-order valence-electron chi connectivity index (χ1n) is 8.29. The fourth-order valence-corrected chi connectivity index (χ4v) is 5.12. The molecule has 1 unspecified atom stereocenters. The van der Waals surface area contributed by atoms with Gasteiger partial charge in [-0.1, -0.05) is 6.07 Å². The van der Waals surface area contributed by atoms with E-state index in [0.717, 1.165) is 5.56 Å². The summed E-state index contributed by atoms with van der Waals surface area (Å²) in [6.45, 7) is 2.98. The highest BCUT2D eigenvalue weighted by atomic mass is 32.2. The second-order valence-corrected chi connectivity index (χ2v) is 8.07. The van der Waals surface area contributed by atoms with Crippen molar-refractivity contribution in [3.05, 3.63) is 59.7 Å². The molecule has 1 aliphatic rings. The van der Waals surface area contributed by atoms with E-state index >= 15 is 0 Å². The number of benzene rings is 1. The number of pyridine rings is 1. The number of aryl methyl sites for hydroxylation is 1. The Hall–Kier alpha value is -2.29. The predicted molar refractivity (Wildman–Crippen MR) is 94.6 cm³/mol. The molecular weight excluding hydrogens is 357 g/mol. The van der Waals surface area contributed by atoms with Gasteiger partial charge < -0.3 is 9.73 Å². The molecule has 3 aromatic rings. The Morgan fingerprint density at radius 1 is 1.35 bits per heavy atom. The van der Waals surface area contributed by atoms with Crippen molar-refractivity contribution in [3.63, 3.8) is 0 Å². The Morgan fingerprint density at radius 3 is 2.96 bits per heavy atom. The molecule has 0 aliphatic carbocycles. The lowest BCUT2D eigenvalue weighted by Gasteiger charge is -2.34. The average molecular weight is 375 g/mol. The first-order valence-corrected chi connectivity index (χ1v) is 9.73. The van der Waals surface area contributed by atoms with Gasteiger partial charge in [0.25, 0.3) is 10.0 Å². The number of halogens is 1. The third-order valence-corrected chi connectivity index (χ3v) is 6.57. The third kappa shape index (κ3) is 2.80. The van der Waals surface area contributed by atoms with E-state index in [4.69, 9.17) is 4.42 Å². The molecule has 3 heterocycles. The molecule has 1 fully saturated rings. The van der Waals surface area contributed by atoms with Crippen molar-refractivity contribution >= 4 is 21.0 Å². The van der Waals surface area contributed by atoms with Crippen LogP contribution in [-0.4, -0.2) is 37.3 Å². The highest BCUT2D eigenvalue weighted by Crippen LogP contribution is 2.34. The highest BCUT2D eigenvalue weighted by Gasteiger charge is 2.38. The molecule has 1 aliphatic heterocycles. The lowest BCUT2D eigenvalue weighted by Crippen LogP contribution is -2.48. The summed E-state index contributed by atoms with van der Waals surface area (Å²) >= 11 is 0. The molecule has 1 N–H and O–H groups in total. The second-order valence-electron chi connectivity index (χ2n) is 6.28. The normalized spacial score (nSPS) is 19.1. The molecule has 1 atom stereocenters. The van der Waals surface area contributed by atoms with Crippen molar-refractivity contribution < 1.29 is 17.2 Å². The van der Waals surface area contributed by atoms with Gasteiger partial charge in [-0.3, -0.25) is 4.98 Å². The van der Waals surface area contributed by atoms with E-state index in [2.05, 4.69) is 10.3 Å². The van der Waals surface area contributed by atoms with Crippen LogP contribution < -0.4 is 5.32 Å². The van der Waals surface area contributed by atoms with Crippen molar-refractivity contribution in [2.75, 3.05) is 19.6 Å². The number of sulfonamides is 1.